The second-order valence-corrected chi connectivity index (χ2v) is 6.61. The summed E-state index contributed by atoms with van der Waals surface area (Å²) in [5.74, 6) is 0. The van der Waals surface area contributed by atoms with Crippen molar-refractivity contribution < 1.29 is 13.2 Å². The number of hydrogen-bond donors (Lipinski definition) is 1. The lowest BCUT2D eigenvalue weighted by Gasteiger charge is -2.42. The molecule has 0 aromatic heterocycles. The Morgan fingerprint density at radius 3 is 2.33 bits per heavy atom. The van der Waals surface area contributed by atoms with E-state index in [1.807, 2.05) is 0 Å². The molecular formula is C16H23F3N2. The Morgan fingerprint density at radius 1 is 1.24 bits per heavy atom. The van der Waals surface area contributed by atoms with Gasteiger partial charge in [-0.2, -0.15) is 13.2 Å². The molecule has 2 nitrogen and oxygen atoms in total. The highest BCUT2D eigenvalue weighted by Gasteiger charge is 2.32. The molecule has 0 spiro atoms. The van der Waals surface area contributed by atoms with E-state index in [2.05, 4.69) is 18.7 Å². The molecule has 118 valence electrons. The van der Waals surface area contributed by atoms with Crippen LogP contribution in [-0.2, 0) is 6.18 Å². The lowest BCUT2D eigenvalue weighted by Crippen LogP contribution is -2.44. The first-order valence-electron chi connectivity index (χ1n) is 7.34. The molecule has 2 N–H and O–H groups in total. The van der Waals surface area contributed by atoms with E-state index in [1.165, 1.54) is 6.42 Å². The van der Waals surface area contributed by atoms with Gasteiger partial charge in [-0.1, -0.05) is 26.0 Å². The van der Waals surface area contributed by atoms with Crippen LogP contribution in [0.15, 0.2) is 24.3 Å². The molecule has 1 aliphatic rings. The summed E-state index contributed by atoms with van der Waals surface area (Å²) in [5, 5.41) is 0. The van der Waals surface area contributed by atoms with E-state index in [4.69, 9.17) is 5.73 Å². The Morgan fingerprint density at radius 2 is 1.86 bits per heavy atom. The van der Waals surface area contributed by atoms with Gasteiger partial charge in [0.2, 0.25) is 0 Å². The second kappa shape index (κ2) is 5.97. The minimum absolute atomic E-state index is 0.00754. The maximum Gasteiger partial charge on any atom is 0.416 e. The van der Waals surface area contributed by atoms with Crippen LogP contribution in [0.5, 0.6) is 0 Å². The summed E-state index contributed by atoms with van der Waals surface area (Å²) in [6, 6.07) is 5.40. The molecule has 0 amide bonds. The van der Waals surface area contributed by atoms with Gasteiger partial charge in [-0.05, 0) is 42.5 Å². The van der Waals surface area contributed by atoms with E-state index in [1.54, 1.807) is 12.1 Å². The number of rotatable bonds is 3. The average Bonchev–Trinajstić information content (AvgIpc) is 2.38. The van der Waals surface area contributed by atoms with Gasteiger partial charge in [0.1, 0.15) is 0 Å². The van der Waals surface area contributed by atoms with Crippen LogP contribution in [0.3, 0.4) is 0 Å². The summed E-state index contributed by atoms with van der Waals surface area (Å²) in [6.07, 6.45) is -2.01. The highest BCUT2D eigenvalue weighted by molar-refractivity contribution is 5.27. The van der Waals surface area contributed by atoms with Crippen molar-refractivity contribution >= 4 is 0 Å². The molecule has 2 rings (SSSR count). The minimum atomic E-state index is -4.29. The summed E-state index contributed by atoms with van der Waals surface area (Å²) in [4.78, 5) is 2.30. The number of nitrogens with zero attached hydrogens (tertiary/aromatic N) is 1. The van der Waals surface area contributed by atoms with Crippen molar-refractivity contribution in [3.05, 3.63) is 35.4 Å². The smallest absolute Gasteiger partial charge is 0.329 e. The number of piperidine rings is 1. The Kier molecular flexibility index (Phi) is 4.63. The monoisotopic (exact) mass is 300 g/mol. The van der Waals surface area contributed by atoms with Gasteiger partial charge < -0.3 is 5.73 Å². The Bertz CT molecular complexity index is 465. The highest BCUT2D eigenvalue weighted by atomic mass is 19.4. The van der Waals surface area contributed by atoms with Crippen LogP contribution < -0.4 is 5.73 Å². The van der Waals surface area contributed by atoms with E-state index in [0.29, 0.717) is 6.54 Å². The molecule has 21 heavy (non-hydrogen) atoms. The number of likely N-dealkylation sites (tertiary alicyclic amines) is 1. The minimum Gasteiger partial charge on any atom is -0.329 e. The highest BCUT2D eigenvalue weighted by Crippen LogP contribution is 2.34. The molecule has 1 heterocycles. The zero-order valence-corrected chi connectivity index (χ0v) is 12.6. The van der Waals surface area contributed by atoms with Crippen LogP contribution in [0.2, 0.25) is 0 Å². The number of alkyl halides is 3. The normalized spacial score (nSPS) is 21.2. The molecule has 0 aliphatic carbocycles. The topological polar surface area (TPSA) is 29.3 Å². The number of nitrogens with two attached hydrogens (primary N) is 1. The van der Waals surface area contributed by atoms with Crippen LogP contribution in [0.25, 0.3) is 0 Å². The number of benzene rings is 1. The summed E-state index contributed by atoms with van der Waals surface area (Å²) in [5.41, 5.74) is 6.37. The fraction of sp³-hybridized carbons (Fsp3) is 0.625. The summed E-state index contributed by atoms with van der Waals surface area (Å²) in [7, 11) is 0. The van der Waals surface area contributed by atoms with Gasteiger partial charge in [0, 0.05) is 19.1 Å². The van der Waals surface area contributed by atoms with Gasteiger partial charge in [0.25, 0.3) is 0 Å². The molecule has 1 atom stereocenters. The van der Waals surface area contributed by atoms with E-state index < -0.39 is 11.7 Å². The van der Waals surface area contributed by atoms with Crippen molar-refractivity contribution in [3.8, 4) is 0 Å². The molecule has 0 bridgehead atoms. The first-order chi connectivity index (χ1) is 9.73. The Hall–Kier alpha value is -1.07. The molecule has 1 fully saturated rings. The van der Waals surface area contributed by atoms with Gasteiger partial charge in [0.15, 0.2) is 0 Å². The molecule has 0 saturated carbocycles. The van der Waals surface area contributed by atoms with Crippen molar-refractivity contribution in [2.24, 2.45) is 11.1 Å². The lowest BCUT2D eigenvalue weighted by atomic mass is 9.83. The van der Waals surface area contributed by atoms with Gasteiger partial charge >= 0.3 is 6.18 Å². The van der Waals surface area contributed by atoms with Crippen LogP contribution >= 0.6 is 0 Å². The molecule has 1 unspecified atom stereocenters. The summed E-state index contributed by atoms with van der Waals surface area (Å²) < 4.78 is 37.9. The van der Waals surface area contributed by atoms with Crippen LogP contribution in [0.4, 0.5) is 13.2 Å². The van der Waals surface area contributed by atoms with E-state index in [-0.39, 0.29) is 11.5 Å². The third kappa shape index (κ3) is 3.98. The first kappa shape index (κ1) is 16.3. The zero-order chi connectivity index (χ0) is 15.7. The maximum absolute atomic E-state index is 12.6. The molecule has 1 aliphatic heterocycles. The third-order valence-electron chi connectivity index (χ3n) is 4.22. The van der Waals surface area contributed by atoms with Gasteiger partial charge in [-0.3, -0.25) is 4.90 Å². The van der Waals surface area contributed by atoms with Gasteiger partial charge in [-0.25, -0.2) is 0 Å². The first-order valence-corrected chi connectivity index (χ1v) is 7.34. The predicted octanol–water partition coefficient (Wildman–Crippen LogP) is 3.83. The zero-order valence-electron chi connectivity index (χ0n) is 12.6. The van der Waals surface area contributed by atoms with Crippen LogP contribution in [-0.4, -0.2) is 24.5 Å². The van der Waals surface area contributed by atoms with Crippen LogP contribution in [0, 0.1) is 5.41 Å². The van der Waals surface area contributed by atoms with Gasteiger partial charge in [-0.15, -0.1) is 0 Å². The fourth-order valence-corrected chi connectivity index (χ4v) is 3.12. The van der Waals surface area contributed by atoms with Crippen molar-refractivity contribution in [1.29, 1.82) is 0 Å². The second-order valence-electron chi connectivity index (χ2n) is 6.61. The van der Waals surface area contributed by atoms with Crippen molar-refractivity contribution in [2.45, 2.75) is 38.9 Å². The molecule has 5 heteroatoms. The van der Waals surface area contributed by atoms with Crippen molar-refractivity contribution in [1.82, 2.24) is 4.90 Å². The standard InChI is InChI=1S/C16H23F3N2/c1-15(2)8-3-9-21(11-15)14(10-20)12-4-6-13(7-5-12)16(17,18)19/h4-7,14H,3,8-11,20H2,1-2H3. The van der Waals surface area contributed by atoms with Crippen molar-refractivity contribution in [2.75, 3.05) is 19.6 Å². The third-order valence-corrected chi connectivity index (χ3v) is 4.22. The van der Waals surface area contributed by atoms with Crippen molar-refractivity contribution in [3.63, 3.8) is 0 Å². The summed E-state index contributed by atoms with van der Waals surface area (Å²) >= 11 is 0. The maximum atomic E-state index is 12.6. The Labute approximate surface area is 124 Å². The van der Waals surface area contributed by atoms with Gasteiger partial charge in [0.05, 0.1) is 5.56 Å². The molecule has 0 radical (unpaired) electrons. The van der Waals surface area contributed by atoms with Crippen LogP contribution in [0.1, 0.15) is 43.9 Å². The molecule has 1 aromatic rings. The molecule has 1 saturated heterocycles. The SMILES string of the molecule is CC1(C)CCCN(C(CN)c2ccc(C(F)(F)F)cc2)C1. The van der Waals surface area contributed by atoms with E-state index in [9.17, 15) is 13.2 Å². The lowest BCUT2D eigenvalue weighted by molar-refractivity contribution is -0.137. The van der Waals surface area contributed by atoms with E-state index in [0.717, 1.165) is 37.2 Å². The number of halogens is 3. The average molecular weight is 300 g/mol. The number of hydrogen-bond acceptors (Lipinski definition) is 2. The Balaban J connectivity index is 2.17. The quantitative estimate of drug-likeness (QED) is 0.919. The molecule has 1 aromatic carbocycles. The van der Waals surface area contributed by atoms with E-state index >= 15 is 0 Å². The largest absolute Gasteiger partial charge is 0.416 e. The summed E-state index contributed by atoms with van der Waals surface area (Å²) in [6.45, 7) is 6.74. The fourth-order valence-electron chi connectivity index (χ4n) is 3.12. The molecular weight excluding hydrogens is 277 g/mol. The predicted molar refractivity (Wildman–Crippen MR) is 77.8 cm³/mol.